The van der Waals surface area contributed by atoms with Crippen LogP contribution < -0.4 is 4.62 Å². The maximum absolute atomic E-state index is 13.0. The van der Waals surface area contributed by atoms with E-state index in [1.807, 2.05) is 56.5 Å². The van der Waals surface area contributed by atoms with Crippen molar-refractivity contribution in [3.63, 3.8) is 0 Å². The van der Waals surface area contributed by atoms with Crippen LogP contribution in [0.4, 0.5) is 0 Å². The molecule has 5 heteroatoms. The first-order chi connectivity index (χ1) is 9.62. The van der Waals surface area contributed by atoms with Crippen LogP contribution in [0.5, 0.6) is 0 Å². The van der Waals surface area contributed by atoms with Crippen molar-refractivity contribution in [2.24, 2.45) is 0 Å². The van der Waals surface area contributed by atoms with E-state index in [2.05, 4.69) is 0 Å². The minimum Gasteiger partial charge on any atom is -0.305 e. The maximum atomic E-state index is 13.0. The Morgan fingerprint density at radius 1 is 1.10 bits per heavy atom. The maximum Gasteiger partial charge on any atom is 0.371 e. The first-order valence-electron chi connectivity index (χ1n) is 6.65. The average Bonchev–Trinajstić information content (AvgIpc) is 2.83. The normalized spacial score (nSPS) is 11.8. The van der Waals surface area contributed by atoms with E-state index in [-0.39, 0.29) is 0 Å². The van der Waals surface area contributed by atoms with Crippen LogP contribution in [-0.2, 0) is 13.6 Å². The molecular weight excluding hydrogens is 291 g/mol. The van der Waals surface area contributed by atoms with Gasteiger partial charge in [0.25, 0.3) is 0 Å². The summed E-state index contributed by atoms with van der Waals surface area (Å²) in [5.74, 6) is 0. The molecule has 2 aromatic rings. The zero-order chi connectivity index (χ0) is 14.6. The van der Waals surface area contributed by atoms with Crippen molar-refractivity contribution in [2.75, 3.05) is 13.2 Å². The first kappa shape index (κ1) is 15.5. The van der Waals surface area contributed by atoms with Crippen molar-refractivity contribution in [1.29, 1.82) is 0 Å². The Hall–Kier alpha value is -0.930. The van der Waals surface area contributed by atoms with Crippen LogP contribution in [0.15, 0.2) is 35.7 Å². The Morgan fingerprint density at radius 2 is 1.70 bits per heavy atom. The van der Waals surface area contributed by atoms with Gasteiger partial charge < -0.3 is 9.05 Å². The molecule has 0 amide bonds. The molecular formula is C15H19O3PS. The van der Waals surface area contributed by atoms with Gasteiger partial charge in [-0.05, 0) is 37.3 Å². The van der Waals surface area contributed by atoms with Gasteiger partial charge in [0.2, 0.25) is 0 Å². The Labute approximate surface area is 124 Å². The predicted molar refractivity (Wildman–Crippen MR) is 85.0 cm³/mol. The van der Waals surface area contributed by atoms with E-state index in [0.29, 0.717) is 17.8 Å². The summed E-state index contributed by atoms with van der Waals surface area (Å²) in [5, 5.41) is 2.00. The molecule has 2 rings (SSSR count). The van der Waals surface area contributed by atoms with Crippen LogP contribution in [0.2, 0.25) is 0 Å². The summed E-state index contributed by atoms with van der Waals surface area (Å²) < 4.78 is 24.6. The topological polar surface area (TPSA) is 35.5 Å². The van der Waals surface area contributed by atoms with E-state index < -0.39 is 7.60 Å². The molecule has 0 radical (unpaired) electrons. The molecule has 108 valence electrons. The number of thiophene rings is 1. The Morgan fingerprint density at radius 3 is 2.25 bits per heavy atom. The van der Waals surface area contributed by atoms with Crippen LogP contribution in [0.25, 0.3) is 11.1 Å². The van der Waals surface area contributed by atoms with E-state index in [4.69, 9.17) is 9.05 Å². The smallest absolute Gasteiger partial charge is 0.305 e. The molecule has 0 aliphatic rings. The monoisotopic (exact) mass is 310 g/mol. The third-order valence-electron chi connectivity index (χ3n) is 2.86. The molecule has 1 aromatic heterocycles. The summed E-state index contributed by atoms with van der Waals surface area (Å²) in [4.78, 5) is 0. The number of rotatable bonds is 6. The third kappa shape index (κ3) is 3.04. The Balaban J connectivity index is 2.55. The van der Waals surface area contributed by atoms with Crippen molar-refractivity contribution in [3.05, 3.63) is 41.3 Å². The minimum atomic E-state index is -3.24. The summed E-state index contributed by atoms with van der Waals surface area (Å²) in [6.07, 6.45) is 0. The molecule has 1 heterocycles. The lowest BCUT2D eigenvalue weighted by molar-refractivity contribution is 0.230. The summed E-state index contributed by atoms with van der Waals surface area (Å²) in [6, 6.07) is 9.95. The van der Waals surface area contributed by atoms with Crippen molar-refractivity contribution in [2.45, 2.75) is 20.8 Å². The van der Waals surface area contributed by atoms with Gasteiger partial charge in [-0.15, -0.1) is 11.3 Å². The molecule has 0 saturated heterocycles. The molecule has 0 fully saturated rings. The number of hydrogen-bond acceptors (Lipinski definition) is 4. The molecule has 0 N–H and O–H groups in total. The van der Waals surface area contributed by atoms with Crippen molar-refractivity contribution in [3.8, 4) is 11.1 Å². The fourth-order valence-corrected chi connectivity index (χ4v) is 5.44. The van der Waals surface area contributed by atoms with Crippen LogP contribution in [0, 0.1) is 6.92 Å². The lowest BCUT2D eigenvalue weighted by Crippen LogP contribution is -2.10. The van der Waals surface area contributed by atoms with E-state index in [1.165, 1.54) is 11.3 Å². The van der Waals surface area contributed by atoms with Gasteiger partial charge in [-0.2, -0.15) is 0 Å². The first-order valence-corrected chi connectivity index (χ1v) is 9.07. The summed E-state index contributed by atoms with van der Waals surface area (Å²) >= 11 is 1.44. The van der Waals surface area contributed by atoms with Gasteiger partial charge in [-0.1, -0.05) is 30.3 Å². The van der Waals surface area contributed by atoms with E-state index in [0.717, 1.165) is 16.7 Å². The van der Waals surface area contributed by atoms with E-state index in [1.54, 1.807) is 0 Å². The summed E-state index contributed by atoms with van der Waals surface area (Å²) in [7, 11) is -3.24. The minimum absolute atomic E-state index is 0.364. The van der Waals surface area contributed by atoms with Gasteiger partial charge >= 0.3 is 7.60 Å². The van der Waals surface area contributed by atoms with Crippen molar-refractivity contribution >= 4 is 23.6 Å². The fourth-order valence-electron chi connectivity index (χ4n) is 2.08. The molecule has 3 nitrogen and oxygen atoms in total. The molecule has 0 aliphatic heterocycles. The lowest BCUT2D eigenvalue weighted by Gasteiger charge is -2.17. The number of aryl methyl sites for hydroxylation is 1. The highest BCUT2D eigenvalue weighted by Gasteiger charge is 2.32. The molecule has 0 spiro atoms. The highest BCUT2D eigenvalue weighted by Crippen LogP contribution is 2.51. The number of benzene rings is 1. The summed E-state index contributed by atoms with van der Waals surface area (Å²) in [6.45, 7) is 6.40. The molecule has 1 aromatic carbocycles. The summed E-state index contributed by atoms with van der Waals surface area (Å²) in [5.41, 5.74) is 3.11. The van der Waals surface area contributed by atoms with Crippen LogP contribution in [-0.4, -0.2) is 13.2 Å². The molecule has 0 bridgehead atoms. The van der Waals surface area contributed by atoms with Gasteiger partial charge in [0.15, 0.2) is 0 Å². The number of hydrogen-bond donors (Lipinski definition) is 0. The van der Waals surface area contributed by atoms with Crippen LogP contribution >= 0.6 is 18.9 Å². The van der Waals surface area contributed by atoms with Gasteiger partial charge in [-0.3, -0.25) is 4.57 Å². The highest BCUT2D eigenvalue weighted by atomic mass is 32.1. The average molecular weight is 310 g/mol. The fraction of sp³-hybridized carbons (Fsp3) is 0.333. The van der Waals surface area contributed by atoms with Gasteiger partial charge in [-0.25, -0.2) is 0 Å². The second-order valence-electron chi connectivity index (χ2n) is 4.30. The molecule has 0 saturated carbocycles. The third-order valence-corrected chi connectivity index (χ3v) is 6.67. The Kier molecular flexibility index (Phi) is 5.17. The van der Waals surface area contributed by atoms with Crippen molar-refractivity contribution < 1.29 is 13.6 Å². The van der Waals surface area contributed by atoms with Crippen LogP contribution in [0.1, 0.15) is 19.4 Å². The lowest BCUT2D eigenvalue weighted by atomic mass is 10.1. The second kappa shape index (κ2) is 6.68. The van der Waals surface area contributed by atoms with Gasteiger partial charge in [0, 0.05) is 5.56 Å². The van der Waals surface area contributed by atoms with Gasteiger partial charge in [0.05, 0.1) is 13.2 Å². The van der Waals surface area contributed by atoms with Crippen LogP contribution in [0.3, 0.4) is 0 Å². The standard InChI is InChI=1S/C15H19O3PS/c1-4-17-19(16,18-5-2)15-14(12(3)11-20-15)13-9-7-6-8-10-13/h6-11H,4-5H2,1-3H3. The SMILES string of the molecule is CCOP(=O)(OCC)c1scc(C)c1-c1ccccc1. The zero-order valence-electron chi connectivity index (χ0n) is 12.0. The van der Waals surface area contributed by atoms with Gasteiger partial charge in [0.1, 0.15) is 4.62 Å². The molecule has 0 atom stereocenters. The highest BCUT2D eigenvalue weighted by molar-refractivity contribution is 7.69. The zero-order valence-corrected chi connectivity index (χ0v) is 13.7. The largest absolute Gasteiger partial charge is 0.371 e. The predicted octanol–water partition coefficient (Wildman–Crippen LogP) is 4.61. The second-order valence-corrected chi connectivity index (χ2v) is 7.44. The molecule has 0 aliphatic carbocycles. The molecule has 0 unspecified atom stereocenters. The van der Waals surface area contributed by atoms with E-state index >= 15 is 0 Å². The Bertz CT molecular complexity index is 597. The molecule has 20 heavy (non-hydrogen) atoms. The van der Waals surface area contributed by atoms with E-state index in [9.17, 15) is 4.57 Å². The van der Waals surface area contributed by atoms with Crippen molar-refractivity contribution in [1.82, 2.24) is 0 Å². The quantitative estimate of drug-likeness (QED) is 0.731.